The van der Waals surface area contributed by atoms with Crippen molar-refractivity contribution in [1.82, 2.24) is 14.7 Å². The molecule has 0 aliphatic heterocycles. The van der Waals surface area contributed by atoms with E-state index in [1.165, 1.54) is 5.69 Å². The first-order valence-electron chi connectivity index (χ1n) is 7.25. The zero-order valence-electron chi connectivity index (χ0n) is 12.6. The summed E-state index contributed by atoms with van der Waals surface area (Å²) < 4.78 is 7.62. The summed E-state index contributed by atoms with van der Waals surface area (Å²) in [4.78, 5) is 7.05. The summed E-state index contributed by atoms with van der Waals surface area (Å²) in [6.07, 6.45) is 2.06. The van der Waals surface area contributed by atoms with Gasteiger partial charge in [-0.2, -0.15) is 0 Å². The van der Waals surface area contributed by atoms with Gasteiger partial charge in [-0.1, -0.05) is 6.07 Å². The number of imidazole rings is 1. The van der Waals surface area contributed by atoms with Crippen molar-refractivity contribution >= 4 is 11.5 Å². The van der Waals surface area contributed by atoms with Gasteiger partial charge in [0.1, 0.15) is 5.65 Å². The zero-order valence-corrected chi connectivity index (χ0v) is 12.6. The second-order valence-corrected chi connectivity index (χ2v) is 4.62. The maximum atomic E-state index is 5.47. The van der Waals surface area contributed by atoms with E-state index in [-0.39, 0.29) is 0 Å². The second kappa shape index (κ2) is 7.26. The fourth-order valence-electron chi connectivity index (χ4n) is 2.35. The number of pyridine rings is 1. The van der Waals surface area contributed by atoms with Crippen LogP contribution in [0.3, 0.4) is 0 Å². The number of likely N-dealkylation sites (N-methyl/N-ethyl adjacent to an activating group) is 1. The topological polar surface area (TPSA) is 41.8 Å². The average Bonchev–Trinajstić information content (AvgIpc) is 2.83. The van der Waals surface area contributed by atoms with E-state index in [4.69, 9.17) is 9.72 Å². The first-order chi connectivity index (χ1) is 9.81. The van der Waals surface area contributed by atoms with Crippen molar-refractivity contribution in [3.8, 4) is 0 Å². The molecule has 0 amide bonds. The maximum absolute atomic E-state index is 5.47. The van der Waals surface area contributed by atoms with Crippen LogP contribution >= 0.6 is 0 Å². The first-order valence-corrected chi connectivity index (χ1v) is 7.25. The van der Waals surface area contributed by atoms with E-state index in [1.807, 2.05) is 32.2 Å². The van der Waals surface area contributed by atoms with E-state index >= 15 is 0 Å². The lowest BCUT2D eigenvalue weighted by Crippen LogP contribution is -2.29. The Balaban J connectivity index is 2.32. The number of hydrogen-bond donors (Lipinski definition) is 1. The molecular weight excluding hydrogens is 252 g/mol. The first kappa shape index (κ1) is 14.8. The van der Waals surface area contributed by atoms with E-state index in [2.05, 4.69) is 27.7 Å². The molecule has 20 heavy (non-hydrogen) atoms. The van der Waals surface area contributed by atoms with Gasteiger partial charge in [0.05, 0.1) is 12.3 Å². The van der Waals surface area contributed by atoms with Crippen molar-refractivity contribution in [2.75, 3.05) is 38.3 Å². The van der Waals surface area contributed by atoms with Crippen molar-refractivity contribution in [2.45, 2.75) is 20.4 Å². The Bertz CT molecular complexity index is 538. The van der Waals surface area contributed by atoms with Crippen LogP contribution in [-0.2, 0) is 11.3 Å². The molecule has 0 aromatic carbocycles. The molecule has 0 unspecified atom stereocenters. The number of ether oxygens (including phenoxy) is 1. The number of nitrogens with zero attached hydrogens (tertiary/aromatic N) is 3. The summed E-state index contributed by atoms with van der Waals surface area (Å²) >= 11 is 0. The summed E-state index contributed by atoms with van der Waals surface area (Å²) in [6.45, 7) is 8.25. The molecule has 2 heterocycles. The maximum Gasteiger partial charge on any atom is 0.152 e. The molecule has 1 N–H and O–H groups in total. The van der Waals surface area contributed by atoms with E-state index in [0.717, 1.165) is 44.3 Å². The van der Waals surface area contributed by atoms with E-state index in [0.29, 0.717) is 0 Å². The molecule has 5 heteroatoms. The van der Waals surface area contributed by atoms with Gasteiger partial charge in [0.25, 0.3) is 0 Å². The molecule has 0 aliphatic carbocycles. The number of hydrogen-bond acceptors (Lipinski definition) is 4. The predicted molar refractivity (Wildman–Crippen MR) is 82.3 cm³/mol. The Morgan fingerprint density at radius 2 is 2.20 bits per heavy atom. The molecule has 2 rings (SSSR count). The van der Waals surface area contributed by atoms with Crippen molar-refractivity contribution in [3.05, 3.63) is 30.1 Å². The highest BCUT2D eigenvalue weighted by Crippen LogP contribution is 2.21. The summed E-state index contributed by atoms with van der Waals surface area (Å²) in [7, 11) is 1.96. The average molecular weight is 276 g/mol. The summed E-state index contributed by atoms with van der Waals surface area (Å²) in [5.41, 5.74) is 2.18. The fourth-order valence-corrected chi connectivity index (χ4v) is 2.35. The third-order valence-electron chi connectivity index (χ3n) is 3.34. The van der Waals surface area contributed by atoms with Crippen LogP contribution in [0.4, 0.5) is 5.82 Å². The van der Waals surface area contributed by atoms with Crippen LogP contribution < -0.4 is 10.2 Å². The van der Waals surface area contributed by atoms with Crippen LogP contribution in [0.25, 0.3) is 5.65 Å². The molecule has 0 fully saturated rings. The zero-order chi connectivity index (χ0) is 14.4. The third-order valence-corrected chi connectivity index (χ3v) is 3.34. The Labute approximate surface area is 120 Å². The SMILES string of the molecule is CCOCCN(CC)c1nc2ccccn2c1CNC. The molecule has 0 aliphatic rings. The Kier molecular flexibility index (Phi) is 5.38. The smallest absolute Gasteiger partial charge is 0.152 e. The van der Waals surface area contributed by atoms with Gasteiger partial charge in [0.15, 0.2) is 5.82 Å². The van der Waals surface area contributed by atoms with Gasteiger partial charge in [-0.3, -0.25) is 0 Å². The van der Waals surface area contributed by atoms with Crippen LogP contribution in [0.2, 0.25) is 0 Å². The number of aromatic nitrogens is 2. The van der Waals surface area contributed by atoms with Crippen molar-refractivity contribution in [2.24, 2.45) is 0 Å². The van der Waals surface area contributed by atoms with Gasteiger partial charge in [-0.05, 0) is 33.0 Å². The lowest BCUT2D eigenvalue weighted by Gasteiger charge is -2.21. The molecule has 0 radical (unpaired) electrons. The standard InChI is InChI=1S/C15H24N4O/c1-4-18(10-11-20-5-2)15-13(12-16-3)19-9-7-6-8-14(19)17-15/h6-9,16H,4-5,10-12H2,1-3H3. The van der Waals surface area contributed by atoms with Gasteiger partial charge in [0, 0.05) is 32.4 Å². The molecule has 0 saturated carbocycles. The van der Waals surface area contributed by atoms with Crippen LogP contribution in [0.5, 0.6) is 0 Å². The van der Waals surface area contributed by atoms with Crippen LogP contribution in [-0.4, -0.2) is 42.7 Å². The lowest BCUT2D eigenvalue weighted by molar-refractivity contribution is 0.154. The highest BCUT2D eigenvalue weighted by molar-refractivity contribution is 5.56. The predicted octanol–water partition coefficient (Wildman–Crippen LogP) is 1.92. The molecule has 0 bridgehead atoms. The number of fused-ring (bicyclic) bond motifs is 1. The van der Waals surface area contributed by atoms with Gasteiger partial charge >= 0.3 is 0 Å². The van der Waals surface area contributed by atoms with Gasteiger partial charge in [0.2, 0.25) is 0 Å². The van der Waals surface area contributed by atoms with Gasteiger partial charge in [-0.25, -0.2) is 4.98 Å². The second-order valence-electron chi connectivity index (χ2n) is 4.62. The lowest BCUT2D eigenvalue weighted by atomic mass is 10.3. The molecular formula is C15H24N4O. The molecule has 0 saturated heterocycles. The van der Waals surface area contributed by atoms with Crippen LogP contribution in [0, 0.1) is 0 Å². The molecule has 110 valence electrons. The van der Waals surface area contributed by atoms with E-state index in [9.17, 15) is 0 Å². The minimum absolute atomic E-state index is 0.733. The van der Waals surface area contributed by atoms with Crippen molar-refractivity contribution in [1.29, 1.82) is 0 Å². The highest BCUT2D eigenvalue weighted by Gasteiger charge is 2.16. The molecule has 0 spiro atoms. The molecule has 0 atom stereocenters. The Hall–Kier alpha value is -1.59. The monoisotopic (exact) mass is 276 g/mol. The van der Waals surface area contributed by atoms with E-state index < -0.39 is 0 Å². The molecule has 2 aromatic rings. The summed E-state index contributed by atoms with van der Waals surface area (Å²) in [5, 5.41) is 3.23. The summed E-state index contributed by atoms with van der Waals surface area (Å²) in [5.74, 6) is 1.05. The Morgan fingerprint density at radius 1 is 1.35 bits per heavy atom. The Morgan fingerprint density at radius 3 is 2.90 bits per heavy atom. The molecule has 5 nitrogen and oxygen atoms in total. The van der Waals surface area contributed by atoms with E-state index in [1.54, 1.807) is 0 Å². The number of anilines is 1. The quantitative estimate of drug-likeness (QED) is 0.748. The van der Waals surface area contributed by atoms with Crippen molar-refractivity contribution in [3.63, 3.8) is 0 Å². The van der Waals surface area contributed by atoms with Crippen LogP contribution in [0.15, 0.2) is 24.4 Å². The van der Waals surface area contributed by atoms with Crippen LogP contribution in [0.1, 0.15) is 19.5 Å². The largest absolute Gasteiger partial charge is 0.380 e. The minimum Gasteiger partial charge on any atom is -0.380 e. The third kappa shape index (κ3) is 3.11. The summed E-state index contributed by atoms with van der Waals surface area (Å²) in [6, 6.07) is 6.10. The van der Waals surface area contributed by atoms with Gasteiger partial charge in [-0.15, -0.1) is 0 Å². The minimum atomic E-state index is 0.733. The fraction of sp³-hybridized carbons (Fsp3) is 0.533. The highest BCUT2D eigenvalue weighted by atomic mass is 16.5. The normalized spacial score (nSPS) is 11.2. The van der Waals surface area contributed by atoms with Gasteiger partial charge < -0.3 is 19.4 Å². The number of rotatable bonds is 8. The van der Waals surface area contributed by atoms with Crippen molar-refractivity contribution < 1.29 is 4.74 Å². The molecule has 2 aromatic heterocycles. The number of nitrogens with one attached hydrogen (secondary N) is 1.